The average Bonchev–Trinajstić information content (AvgIpc) is 2.62. The molecule has 138 valence electrons. The minimum absolute atomic E-state index is 0.0169. The molecular weight excluding hydrogens is 356 g/mol. The number of benzene rings is 1. The van der Waals surface area contributed by atoms with Crippen LogP contribution in [0.1, 0.15) is 18.4 Å². The van der Waals surface area contributed by atoms with Crippen LogP contribution in [-0.2, 0) is 20.9 Å². The Labute approximate surface area is 155 Å². The molecule has 7 nitrogen and oxygen atoms in total. The summed E-state index contributed by atoms with van der Waals surface area (Å²) in [4.78, 5) is 36.2. The second-order valence-corrected chi connectivity index (χ2v) is 6.86. The Morgan fingerprint density at radius 1 is 1.38 bits per heavy atom. The fraction of sp³-hybridized carbons (Fsp3) is 0.333. The number of thioether (sulfide) groups is 1. The zero-order valence-electron chi connectivity index (χ0n) is 14.2. The molecule has 1 aromatic rings. The van der Waals surface area contributed by atoms with Gasteiger partial charge in [0, 0.05) is 17.9 Å². The van der Waals surface area contributed by atoms with Crippen LogP contribution in [0.15, 0.2) is 49.6 Å². The van der Waals surface area contributed by atoms with E-state index in [9.17, 15) is 19.7 Å². The Kier molecular flexibility index (Phi) is 6.97. The molecule has 1 aliphatic rings. The van der Waals surface area contributed by atoms with E-state index in [0.717, 1.165) is 0 Å². The van der Waals surface area contributed by atoms with Gasteiger partial charge in [0.25, 0.3) is 5.69 Å². The molecule has 0 aliphatic carbocycles. The molecule has 2 atom stereocenters. The number of nitro benzene ring substituents is 1. The van der Waals surface area contributed by atoms with Crippen molar-refractivity contribution in [3.8, 4) is 0 Å². The lowest BCUT2D eigenvalue weighted by Crippen LogP contribution is -2.58. The van der Waals surface area contributed by atoms with Gasteiger partial charge in [0.2, 0.25) is 5.91 Å². The average molecular weight is 376 g/mol. The van der Waals surface area contributed by atoms with Gasteiger partial charge in [-0.1, -0.05) is 12.2 Å². The van der Waals surface area contributed by atoms with Crippen LogP contribution >= 0.6 is 11.8 Å². The van der Waals surface area contributed by atoms with Crippen LogP contribution in [-0.4, -0.2) is 38.9 Å². The molecule has 1 saturated heterocycles. The topological polar surface area (TPSA) is 89.8 Å². The van der Waals surface area contributed by atoms with E-state index in [1.54, 1.807) is 23.9 Å². The third-order valence-corrected chi connectivity index (χ3v) is 5.09. The molecule has 1 aliphatic heterocycles. The van der Waals surface area contributed by atoms with Gasteiger partial charge in [-0.15, -0.1) is 24.9 Å². The van der Waals surface area contributed by atoms with Crippen molar-refractivity contribution in [2.45, 2.75) is 30.9 Å². The molecule has 2 unspecified atom stereocenters. The Morgan fingerprint density at radius 2 is 2.08 bits per heavy atom. The van der Waals surface area contributed by atoms with Crippen LogP contribution < -0.4 is 0 Å². The van der Waals surface area contributed by atoms with E-state index in [1.165, 1.54) is 29.2 Å². The van der Waals surface area contributed by atoms with Crippen molar-refractivity contribution in [2.24, 2.45) is 0 Å². The first-order chi connectivity index (χ1) is 12.5. The molecule has 8 heteroatoms. The van der Waals surface area contributed by atoms with E-state index in [-0.39, 0.29) is 23.6 Å². The SMILES string of the molecule is C=CCSC1CC(=O)N1C(CC=C)C(=O)OCc1ccc([N+](=O)[O-])cc1. The van der Waals surface area contributed by atoms with Crippen LogP contribution in [0.2, 0.25) is 0 Å². The van der Waals surface area contributed by atoms with Crippen molar-refractivity contribution in [2.75, 3.05) is 5.75 Å². The fourth-order valence-electron chi connectivity index (χ4n) is 2.54. The van der Waals surface area contributed by atoms with Crippen LogP contribution in [0.4, 0.5) is 5.69 Å². The summed E-state index contributed by atoms with van der Waals surface area (Å²) in [5.41, 5.74) is 0.603. The van der Waals surface area contributed by atoms with Gasteiger partial charge < -0.3 is 9.64 Å². The molecule has 26 heavy (non-hydrogen) atoms. The fourth-order valence-corrected chi connectivity index (χ4v) is 3.58. The van der Waals surface area contributed by atoms with Crippen LogP contribution in [0.3, 0.4) is 0 Å². The Balaban J connectivity index is 1.99. The molecule has 1 fully saturated rings. The lowest BCUT2D eigenvalue weighted by Gasteiger charge is -2.43. The lowest BCUT2D eigenvalue weighted by atomic mass is 10.1. The molecule has 0 radical (unpaired) electrons. The highest BCUT2D eigenvalue weighted by molar-refractivity contribution is 8.00. The molecule has 0 aromatic heterocycles. The Hall–Kier alpha value is -2.61. The number of rotatable bonds is 10. The molecule has 0 bridgehead atoms. The second-order valence-electron chi connectivity index (χ2n) is 5.65. The summed E-state index contributed by atoms with van der Waals surface area (Å²) in [5.74, 6) is 0.0822. The maximum absolute atomic E-state index is 12.5. The third-order valence-electron chi connectivity index (χ3n) is 3.88. The molecular formula is C18H20N2O5S. The monoisotopic (exact) mass is 376 g/mol. The van der Waals surface area contributed by atoms with Crippen LogP contribution in [0.25, 0.3) is 0 Å². The van der Waals surface area contributed by atoms with Crippen molar-refractivity contribution in [1.82, 2.24) is 4.90 Å². The maximum atomic E-state index is 12.5. The molecule has 0 spiro atoms. The summed E-state index contributed by atoms with van der Waals surface area (Å²) in [6, 6.07) is 5.06. The van der Waals surface area contributed by atoms with Gasteiger partial charge in [0.1, 0.15) is 12.6 Å². The van der Waals surface area contributed by atoms with Crippen molar-refractivity contribution >= 4 is 29.3 Å². The predicted molar refractivity (Wildman–Crippen MR) is 99.4 cm³/mol. The smallest absolute Gasteiger partial charge is 0.329 e. The van der Waals surface area contributed by atoms with Gasteiger partial charge in [0.05, 0.1) is 16.7 Å². The Morgan fingerprint density at radius 3 is 2.62 bits per heavy atom. The van der Waals surface area contributed by atoms with E-state index >= 15 is 0 Å². The number of non-ortho nitro benzene ring substituents is 1. The number of amides is 1. The largest absolute Gasteiger partial charge is 0.459 e. The first-order valence-corrected chi connectivity index (χ1v) is 9.07. The number of carbonyl (C=O) groups excluding carboxylic acids is 2. The summed E-state index contributed by atoms with van der Waals surface area (Å²) < 4.78 is 5.32. The first-order valence-electron chi connectivity index (χ1n) is 8.02. The number of likely N-dealkylation sites (tertiary alicyclic amines) is 1. The normalized spacial score (nSPS) is 17.2. The zero-order valence-corrected chi connectivity index (χ0v) is 15.0. The van der Waals surface area contributed by atoms with E-state index in [2.05, 4.69) is 13.2 Å². The first kappa shape index (κ1) is 19.7. The number of hydrogen-bond acceptors (Lipinski definition) is 6. The second kappa shape index (κ2) is 9.19. The summed E-state index contributed by atoms with van der Waals surface area (Å²) in [5, 5.41) is 10.6. The molecule has 0 N–H and O–H groups in total. The van der Waals surface area contributed by atoms with E-state index in [1.807, 2.05) is 0 Å². The molecule has 0 saturated carbocycles. The summed E-state index contributed by atoms with van der Waals surface area (Å²) >= 11 is 1.55. The number of nitro groups is 1. The number of hydrogen-bond donors (Lipinski definition) is 0. The van der Waals surface area contributed by atoms with Gasteiger partial charge in [-0.25, -0.2) is 4.79 Å². The highest BCUT2D eigenvalue weighted by Gasteiger charge is 2.43. The van der Waals surface area contributed by atoms with Crippen molar-refractivity contribution in [1.29, 1.82) is 0 Å². The van der Waals surface area contributed by atoms with Crippen LogP contribution in [0, 0.1) is 10.1 Å². The van der Waals surface area contributed by atoms with Gasteiger partial charge in [0.15, 0.2) is 0 Å². The standard InChI is InChI=1S/C18H20N2O5S/c1-3-5-15(19-16(21)11-17(19)26-10-4-2)18(22)25-12-13-6-8-14(9-7-13)20(23)24/h3-4,6-9,15,17H,1-2,5,10-12H2. The minimum Gasteiger partial charge on any atom is -0.459 e. The number of nitrogens with zero attached hydrogens (tertiary/aromatic N) is 2. The quantitative estimate of drug-likeness (QED) is 0.205. The summed E-state index contributed by atoms with van der Waals surface area (Å²) in [7, 11) is 0. The van der Waals surface area contributed by atoms with Crippen molar-refractivity contribution in [3.05, 3.63) is 65.3 Å². The minimum atomic E-state index is -0.714. The van der Waals surface area contributed by atoms with Gasteiger partial charge in [-0.3, -0.25) is 14.9 Å². The predicted octanol–water partition coefficient (Wildman–Crippen LogP) is 3.06. The molecule has 1 aromatic carbocycles. The lowest BCUT2D eigenvalue weighted by molar-refractivity contribution is -0.384. The number of ether oxygens (including phenoxy) is 1. The molecule has 1 heterocycles. The van der Waals surface area contributed by atoms with Crippen molar-refractivity contribution in [3.63, 3.8) is 0 Å². The summed E-state index contributed by atoms with van der Waals surface area (Å²) in [6.07, 6.45) is 4.03. The number of carbonyl (C=O) groups is 2. The zero-order chi connectivity index (χ0) is 19.1. The van der Waals surface area contributed by atoms with E-state index < -0.39 is 16.9 Å². The van der Waals surface area contributed by atoms with E-state index in [4.69, 9.17) is 4.74 Å². The summed E-state index contributed by atoms with van der Waals surface area (Å²) in [6.45, 7) is 7.29. The highest BCUT2D eigenvalue weighted by Crippen LogP contribution is 2.33. The maximum Gasteiger partial charge on any atom is 0.329 e. The van der Waals surface area contributed by atoms with Gasteiger partial charge in [-0.2, -0.15) is 0 Å². The number of β-lactam (4-membered cyclic amide) rings is 1. The molecule has 2 rings (SSSR count). The highest BCUT2D eigenvalue weighted by atomic mass is 32.2. The Bertz CT molecular complexity index is 704. The van der Waals surface area contributed by atoms with Crippen molar-refractivity contribution < 1.29 is 19.2 Å². The number of esters is 1. The molecule has 1 amide bonds. The van der Waals surface area contributed by atoms with E-state index in [0.29, 0.717) is 24.2 Å². The third kappa shape index (κ3) is 4.72. The van der Waals surface area contributed by atoms with Gasteiger partial charge in [-0.05, 0) is 24.1 Å². The van der Waals surface area contributed by atoms with Gasteiger partial charge >= 0.3 is 5.97 Å². The van der Waals surface area contributed by atoms with Crippen LogP contribution in [0.5, 0.6) is 0 Å².